The van der Waals surface area contributed by atoms with Crippen LogP contribution < -0.4 is 5.32 Å². The van der Waals surface area contributed by atoms with Crippen LogP contribution in [0.1, 0.15) is 5.82 Å². The fraction of sp³-hybridized carbons (Fsp3) is 0.385. The van der Waals surface area contributed by atoms with Crippen LogP contribution in [-0.2, 0) is 6.54 Å². The topological polar surface area (TPSA) is 56.8 Å². The highest BCUT2D eigenvalue weighted by molar-refractivity contribution is 5.55. The van der Waals surface area contributed by atoms with Gasteiger partial charge in [0.2, 0.25) is 0 Å². The first-order valence-electron chi connectivity index (χ1n) is 6.42. The molecule has 0 bridgehead atoms. The molecule has 0 atom stereocenters. The maximum Gasteiger partial charge on any atom is 0.184 e. The van der Waals surface area contributed by atoms with Crippen LogP contribution in [0.2, 0.25) is 0 Å². The Bertz CT molecular complexity index is 547. The predicted molar refractivity (Wildman–Crippen MR) is 69.9 cm³/mol. The SMILES string of the molecule is Fc1ccccc1-c1n[nH]c(CN2CCNCC2)n1. The minimum Gasteiger partial charge on any atom is -0.314 e. The molecule has 19 heavy (non-hydrogen) atoms. The standard InChI is InChI=1S/C13H16FN5/c14-11-4-2-1-3-10(11)13-16-12(17-18-13)9-19-7-5-15-6-8-19/h1-4,15H,5-9H2,(H,16,17,18). The maximum absolute atomic E-state index is 13.6. The quantitative estimate of drug-likeness (QED) is 0.866. The Labute approximate surface area is 110 Å². The van der Waals surface area contributed by atoms with E-state index in [9.17, 15) is 4.39 Å². The van der Waals surface area contributed by atoms with Gasteiger partial charge in [0, 0.05) is 26.2 Å². The summed E-state index contributed by atoms with van der Waals surface area (Å²) in [6.45, 7) is 4.71. The van der Waals surface area contributed by atoms with Crippen LogP contribution in [0.15, 0.2) is 24.3 Å². The monoisotopic (exact) mass is 261 g/mol. The molecule has 0 saturated carbocycles. The summed E-state index contributed by atoms with van der Waals surface area (Å²) in [6, 6.07) is 6.55. The normalized spacial score (nSPS) is 16.7. The summed E-state index contributed by atoms with van der Waals surface area (Å²) < 4.78 is 13.6. The molecular weight excluding hydrogens is 245 g/mol. The molecule has 1 fully saturated rings. The minimum atomic E-state index is -0.296. The average Bonchev–Trinajstić information content (AvgIpc) is 2.89. The summed E-state index contributed by atoms with van der Waals surface area (Å²) in [5.41, 5.74) is 0.435. The van der Waals surface area contributed by atoms with Crippen LogP contribution >= 0.6 is 0 Å². The molecule has 0 spiro atoms. The van der Waals surface area contributed by atoms with Crippen molar-refractivity contribution in [2.45, 2.75) is 6.54 Å². The smallest absolute Gasteiger partial charge is 0.184 e. The summed E-state index contributed by atoms with van der Waals surface area (Å²) in [5, 5.41) is 10.3. The number of aromatic nitrogens is 3. The van der Waals surface area contributed by atoms with Crippen molar-refractivity contribution in [2.75, 3.05) is 26.2 Å². The van der Waals surface area contributed by atoms with E-state index in [0.29, 0.717) is 11.4 Å². The van der Waals surface area contributed by atoms with Crippen molar-refractivity contribution in [1.82, 2.24) is 25.4 Å². The van der Waals surface area contributed by atoms with Crippen LogP contribution in [0.3, 0.4) is 0 Å². The number of benzene rings is 1. The van der Waals surface area contributed by atoms with Crippen LogP contribution in [0.4, 0.5) is 4.39 Å². The number of H-pyrrole nitrogens is 1. The third-order valence-corrected chi connectivity index (χ3v) is 3.23. The van der Waals surface area contributed by atoms with Gasteiger partial charge in [0.05, 0.1) is 12.1 Å². The van der Waals surface area contributed by atoms with E-state index >= 15 is 0 Å². The van der Waals surface area contributed by atoms with E-state index in [-0.39, 0.29) is 5.82 Å². The first-order valence-corrected chi connectivity index (χ1v) is 6.42. The van der Waals surface area contributed by atoms with E-state index in [1.54, 1.807) is 18.2 Å². The molecule has 6 heteroatoms. The number of rotatable bonds is 3. The second kappa shape index (κ2) is 5.46. The van der Waals surface area contributed by atoms with Crippen molar-refractivity contribution in [3.63, 3.8) is 0 Å². The first kappa shape index (κ1) is 12.3. The largest absolute Gasteiger partial charge is 0.314 e. The molecule has 2 aromatic rings. The van der Waals surface area contributed by atoms with Gasteiger partial charge in [-0.25, -0.2) is 9.37 Å². The first-order chi connectivity index (χ1) is 9.33. The van der Waals surface area contributed by atoms with Gasteiger partial charge in [-0.3, -0.25) is 10.00 Å². The molecule has 1 saturated heterocycles. The third kappa shape index (κ3) is 2.80. The molecule has 1 aliphatic rings. The molecule has 1 aromatic heterocycles. The molecule has 2 heterocycles. The van der Waals surface area contributed by atoms with Gasteiger partial charge < -0.3 is 5.32 Å². The van der Waals surface area contributed by atoms with E-state index in [2.05, 4.69) is 25.4 Å². The number of halogens is 1. The summed E-state index contributed by atoms with van der Waals surface area (Å²) in [6.07, 6.45) is 0. The summed E-state index contributed by atoms with van der Waals surface area (Å²) >= 11 is 0. The average molecular weight is 261 g/mol. The van der Waals surface area contributed by atoms with Crippen LogP contribution in [-0.4, -0.2) is 46.3 Å². The molecular formula is C13H16FN5. The molecule has 0 aliphatic carbocycles. The van der Waals surface area contributed by atoms with Gasteiger partial charge in [-0.05, 0) is 12.1 Å². The fourth-order valence-electron chi connectivity index (χ4n) is 2.21. The van der Waals surface area contributed by atoms with E-state index in [4.69, 9.17) is 0 Å². The fourth-order valence-corrected chi connectivity index (χ4v) is 2.21. The minimum absolute atomic E-state index is 0.296. The van der Waals surface area contributed by atoms with Gasteiger partial charge in [0.1, 0.15) is 11.6 Å². The molecule has 1 aromatic carbocycles. The molecule has 3 rings (SSSR count). The molecule has 5 nitrogen and oxygen atoms in total. The zero-order chi connectivity index (χ0) is 13.1. The summed E-state index contributed by atoms with van der Waals surface area (Å²) in [5.74, 6) is 0.901. The Morgan fingerprint density at radius 1 is 1.21 bits per heavy atom. The number of hydrogen-bond acceptors (Lipinski definition) is 4. The van der Waals surface area contributed by atoms with Gasteiger partial charge >= 0.3 is 0 Å². The van der Waals surface area contributed by atoms with Crippen LogP contribution in [0, 0.1) is 5.82 Å². The lowest BCUT2D eigenvalue weighted by Gasteiger charge is -2.25. The highest BCUT2D eigenvalue weighted by Gasteiger charge is 2.14. The predicted octanol–water partition coefficient (Wildman–Crippen LogP) is 1.02. The van der Waals surface area contributed by atoms with Crippen molar-refractivity contribution in [3.05, 3.63) is 35.9 Å². The van der Waals surface area contributed by atoms with Crippen LogP contribution in [0.25, 0.3) is 11.4 Å². The number of nitrogens with one attached hydrogen (secondary N) is 2. The Balaban J connectivity index is 1.74. The molecule has 1 aliphatic heterocycles. The van der Waals surface area contributed by atoms with Crippen molar-refractivity contribution < 1.29 is 4.39 Å². The van der Waals surface area contributed by atoms with Crippen molar-refractivity contribution in [3.8, 4) is 11.4 Å². The number of nitrogens with zero attached hydrogens (tertiary/aromatic N) is 3. The number of hydrogen-bond donors (Lipinski definition) is 2. The van der Waals surface area contributed by atoms with E-state index in [1.165, 1.54) is 6.07 Å². The van der Waals surface area contributed by atoms with Crippen LogP contribution in [0.5, 0.6) is 0 Å². The van der Waals surface area contributed by atoms with Gasteiger partial charge in [-0.1, -0.05) is 12.1 Å². The second-order valence-electron chi connectivity index (χ2n) is 4.61. The maximum atomic E-state index is 13.6. The van der Waals surface area contributed by atoms with Gasteiger partial charge in [0.15, 0.2) is 5.82 Å². The van der Waals surface area contributed by atoms with Crippen molar-refractivity contribution in [1.29, 1.82) is 0 Å². The van der Waals surface area contributed by atoms with Gasteiger partial charge in [0.25, 0.3) is 0 Å². The Hall–Kier alpha value is -1.79. The Morgan fingerprint density at radius 3 is 2.79 bits per heavy atom. The van der Waals surface area contributed by atoms with E-state index < -0.39 is 0 Å². The second-order valence-corrected chi connectivity index (χ2v) is 4.61. The third-order valence-electron chi connectivity index (χ3n) is 3.23. The lowest BCUT2D eigenvalue weighted by molar-refractivity contribution is 0.228. The number of piperazine rings is 1. The summed E-state index contributed by atoms with van der Waals surface area (Å²) in [4.78, 5) is 6.66. The lowest BCUT2D eigenvalue weighted by Crippen LogP contribution is -2.43. The highest BCUT2D eigenvalue weighted by atomic mass is 19.1. The zero-order valence-corrected chi connectivity index (χ0v) is 10.6. The highest BCUT2D eigenvalue weighted by Crippen LogP contribution is 2.18. The molecule has 0 amide bonds. The summed E-state index contributed by atoms with van der Waals surface area (Å²) in [7, 11) is 0. The zero-order valence-electron chi connectivity index (χ0n) is 10.6. The number of aromatic amines is 1. The van der Waals surface area contributed by atoms with Gasteiger partial charge in [-0.15, -0.1) is 0 Å². The van der Waals surface area contributed by atoms with Gasteiger partial charge in [-0.2, -0.15) is 5.10 Å². The van der Waals surface area contributed by atoms with E-state index in [0.717, 1.165) is 38.5 Å². The Morgan fingerprint density at radius 2 is 2.00 bits per heavy atom. The Kier molecular flexibility index (Phi) is 3.52. The molecule has 0 radical (unpaired) electrons. The molecule has 2 N–H and O–H groups in total. The van der Waals surface area contributed by atoms with Crippen molar-refractivity contribution >= 4 is 0 Å². The van der Waals surface area contributed by atoms with E-state index in [1.807, 2.05) is 0 Å². The molecule has 0 unspecified atom stereocenters. The molecule has 100 valence electrons. The van der Waals surface area contributed by atoms with Crippen molar-refractivity contribution in [2.24, 2.45) is 0 Å². The lowest BCUT2D eigenvalue weighted by atomic mass is 10.2.